The second-order valence-corrected chi connectivity index (χ2v) is 5.13. The first kappa shape index (κ1) is 17.2. The van der Waals surface area contributed by atoms with Crippen LogP contribution in [0.2, 0.25) is 0 Å². The molecule has 1 saturated heterocycles. The molecular weight excluding hydrogens is 313 g/mol. The topological polar surface area (TPSA) is 73.5 Å². The molecule has 9 heteroatoms. The predicted molar refractivity (Wildman–Crippen MR) is 76.3 cm³/mol. The number of amides is 2. The Bertz CT molecular complexity index is 554. The van der Waals surface area contributed by atoms with Gasteiger partial charge in [-0.25, -0.2) is 0 Å². The molecule has 23 heavy (non-hydrogen) atoms. The highest BCUT2D eigenvalue weighted by atomic mass is 19.4. The second-order valence-electron chi connectivity index (χ2n) is 5.13. The first-order valence-electron chi connectivity index (χ1n) is 7.06. The number of hydrazine groups is 1. The molecule has 0 aliphatic carbocycles. The molecular formula is C14H17F3N4O2. The number of nitrogens with zero attached hydrogens (tertiary/aromatic N) is 1. The molecule has 1 aliphatic rings. The largest absolute Gasteiger partial charge is 0.472 e. The number of piperazine rings is 1. The summed E-state index contributed by atoms with van der Waals surface area (Å²) in [6.07, 6.45) is -5.04. The maximum absolute atomic E-state index is 12.0. The molecule has 0 unspecified atom stereocenters. The van der Waals surface area contributed by atoms with Gasteiger partial charge in [-0.05, 0) is 17.7 Å². The minimum absolute atomic E-state index is 0.163. The monoisotopic (exact) mass is 330 g/mol. The van der Waals surface area contributed by atoms with E-state index in [4.69, 9.17) is 0 Å². The van der Waals surface area contributed by atoms with Gasteiger partial charge in [-0.1, -0.05) is 12.1 Å². The molecule has 0 saturated carbocycles. The van der Waals surface area contributed by atoms with Gasteiger partial charge < -0.3 is 5.32 Å². The van der Waals surface area contributed by atoms with Gasteiger partial charge in [-0.2, -0.15) is 13.2 Å². The van der Waals surface area contributed by atoms with Crippen molar-refractivity contribution in [3.63, 3.8) is 0 Å². The van der Waals surface area contributed by atoms with Gasteiger partial charge in [0.05, 0.1) is 0 Å². The number of rotatable bonds is 3. The molecule has 0 atom stereocenters. The fraction of sp³-hybridized carbons (Fsp3) is 0.429. The third-order valence-electron chi connectivity index (χ3n) is 3.38. The van der Waals surface area contributed by atoms with E-state index >= 15 is 0 Å². The van der Waals surface area contributed by atoms with Crippen molar-refractivity contribution in [2.45, 2.75) is 12.7 Å². The summed E-state index contributed by atoms with van der Waals surface area (Å²) in [5.74, 6) is -3.03. The molecule has 6 nitrogen and oxygen atoms in total. The van der Waals surface area contributed by atoms with Gasteiger partial charge in [0.15, 0.2) is 0 Å². The van der Waals surface area contributed by atoms with E-state index in [1.165, 1.54) is 17.6 Å². The van der Waals surface area contributed by atoms with Crippen LogP contribution in [-0.2, 0) is 11.3 Å². The number of nitrogens with one attached hydrogen (secondary N) is 3. The van der Waals surface area contributed by atoms with Crippen molar-refractivity contribution in [3.8, 4) is 0 Å². The van der Waals surface area contributed by atoms with Crippen molar-refractivity contribution in [2.24, 2.45) is 0 Å². The first-order chi connectivity index (χ1) is 10.9. The third kappa shape index (κ3) is 5.22. The van der Waals surface area contributed by atoms with Crippen LogP contribution in [0.1, 0.15) is 15.9 Å². The Hall–Kier alpha value is -2.13. The molecule has 2 rings (SSSR count). The highest BCUT2D eigenvalue weighted by Gasteiger charge is 2.38. The van der Waals surface area contributed by atoms with E-state index in [2.05, 4.69) is 10.2 Å². The molecule has 0 aromatic heterocycles. The lowest BCUT2D eigenvalue weighted by molar-refractivity contribution is -0.174. The number of benzene rings is 1. The van der Waals surface area contributed by atoms with E-state index in [9.17, 15) is 22.8 Å². The van der Waals surface area contributed by atoms with Gasteiger partial charge in [-0.15, -0.1) is 0 Å². The van der Waals surface area contributed by atoms with Crippen molar-refractivity contribution >= 4 is 11.8 Å². The Balaban J connectivity index is 1.86. The average Bonchev–Trinajstić information content (AvgIpc) is 2.53. The number of carbonyl (C=O) groups is 2. The SMILES string of the molecule is O=C(NNC(=O)C(F)(F)F)c1ccc(CN2CCNCC2)cc1. The zero-order chi connectivity index (χ0) is 16.9. The van der Waals surface area contributed by atoms with E-state index in [-0.39, 0.29) is 5.56 Å². The molecule has 126 valence electrons. The molecule has 1 heterocycles. The van der Waals surface area contributed by atoms with E-state index in [1.54, 1.807) is 17.6 Å². The lowest BCUT2D eigenvalue weighted by atomic mass is 10.1. The van der Waals surface area contributed by atoms with Crippen molar-refractivity contribution in [3.05, 3.63) is 35.4 Å². The lowest BCUT2D eigenvalue weighted by Crippen LogP contribution is -2.47. The Labute approximate surface area is 131 Å². The van der Waals surface area contributed by atoms with Gasteiger partial charge in [0, 0.05) is 38.3 Å². The number of halogens is 3. The zero-order valence-corrected chi connectivity index (χ0v) is 12.2. The molecule has 3 N–H and O–H groups in total. The lowest BCUT2D eigenvalue weighted by Gasteiger charge is -2.27. The number of carbonyl (C=O) groups excluding carboxylic acids is 2. The van der Waals surface area contributed by atoms with Crippen LogP contribution < -0.4 is 16.2 Å². The van der Waals surface area contributed by atoms with Gasteiger partial charge in [-0.3, -0.25) is 25.3 Å². The quantitative estimate of drug-likeness (QED) is 0.702. The average molecular weight is 330 g/mol. The zero-order valence-electron chi connectivity index (χ0n) is 12.2. The fourth-order valence-corrected chi connectivity index (χ4v) is 2.15. The van der Waals surface area contributed by atoms with Crippen LogP contribution in [0.3, 0.4) is 0 Å². The van der Waals surface area contributed by atoms with Crippen LogP contribution >= 0.6 is 0 Å². The smallest absolute Gasteiger partial charge is 0.314 e. The standard InChI is InChI=1S/C14H17F3N4O2/c15-14(16,17)13(23)20-19-12(22)11-3-1-10(2-4-11)9-21-7-5-18-6-8-21/h1-4,18H,5-9H2,(H,19,22)(H,20,23). The Morgan fingerprint density at radius 2 is 1.70 bits per heavy atom. The summed E-state index contributed by atoms with van der Waals surface area (Å²) in [6.45, 7) is 4.48. The van der Waals surface area contributed by atoms with Crippen LogP contribution in [-0.4, -0.2) is 49.1 Å². The second kappa shape index (κ2) is 7.42. The molecule has 1 fully saturated rings. The van der Waals surface area contributed by atoms with E-state index < -0.39 is 18.0 Å². The van der Waals surface area contributed by atoms with Gasteiger partial charge in [0.25, 0.3) is 5.91 Å². The van der Waals surface area contributed by atoms with Gasteiger partial charge in [0.2, 0.25) is 0 Å². The summed E-state index contributed by atoms with van der Waals surface area (Å²) in [5, 5.41) is 3.25. The molecule has 1 aromatic carbocycles. The van der Waals surface area contributed by atoms with Crippen LogP contribution in [0, 0.1) is 0 Å². The summed E-state index contributed by atoms with van der Waals surface area (Å²) in [5.41, 5.74) is 4.22. The summed E-state index contributed by atoms with van der Waals surface area (Å²) in [4.78, 5) is 24.5. The van der Waals surface area contributed by atoms with Crippen molar-refractivity contribution < 1.29 is 22.8 Å². The van der Waals surface area contributed by atoms with E-state index in [1.807, 2.05) is 0 Å². The fourth-order valence-electron chi connectivity index (χ4n) is 2.15. The summed E-state index contributed by atoms with van der Waals surface area (Å²) < 4.78 is 36.0. The van der Waals surface area contributed by atoms with Gasteiger partial charge >= 0.3 is 12.1 Å². The molecule has 0 spiro atoms. The minimum atomic E-state index is -5.04. The van der Waals surface area contributed by atoms with E-state index in [0.29, 0.717) is 0 Å². The van der Waals surface area contributed by atoms with Crippen molar-refractivity contribution in [1.82, 2.24) is 21.1 Å². The molecule has 1 aliphatic heterocycles. The third-order valence-corrected chi connectivity index (χ3v) is 3.38. The molecule has 0 radical (unpaired) electrons. The van der Waals surface area contributed by atoms with Crippen molar-refractivity contribution in [2.75, 3.05) is 26.2 Å². The highest BCUT2D eigenvalue weighted by molar-refractivity contribution is 5.95. The van der Waals surface area contributed by atoms with Crippen LogP contribution in [0.5, 0.6) is 0 Å². The number of hydrogen-bond acceptors (Lipinski definition) is 4. The normalized spacial score (nSPS) is 16.0. The van der Waals surface area contributed by atoms with Crippen LogP contribution in [0.25, 0.3) is 0 Å². The van der Waals surface area contributed by atoms with Crippen LogP contribution in [0.15, 0.2) is 24.3 Å². The summed E-state index contributed by atoms with van der Waals surface area (Å²) >= 11 is 0. The highest BCUT2D eigenvalue weighted by Crippen LogP contribution is 2.13. The van der Waals surface area contributed by atoms with Crippen LogP contribution in [0.4, 0.5) is 13.2 Å². The predicted octanol–water partition coefficient (Wildman–Crippen LogP) is 0.415. The first-order valence-corrected chi connectivity index (χ1v) is 7.06. The summed E-state index contributed by atoms with van der Waals surface area (Å²) in [6, 6.07) is 6.49. The van der Waals surface area contributed by atoms with E-state index in [0.717, 1.165) is 38.3 Å². The minimum Gasteiger partial charge on any atom is -0.314 e. The maximum Gasteiger partial charge on any atom is 0.472 e. The molecule has 1 aromatic rings. The Kier molecular flexibility index (Phi) is 5.56. The Morgan fingerprint density at radius 3 is 2.26 bits per heavy atom. The molecule has 2 amide bonds. The number of alkyl halides is 3. The number of hydrogen-bond donors (Lipinski definition) is 3. The maximum atomic E-state index is 12.0. The van der Waals surface area contributed by atoms with Gasteiger partial charge in [0.1, 0.15) is 0 Å². The summed E-state index contributed by atoms with van der Waals surface area (Å²) in [7, 11) is 0. The Morgan fingerprint density at radius 1 is 1.09 bits per heavy atom. The van der Waals surface area contributed by atoms with Crippen molar-refractivity contribution in [1.29, 1.82) is 0 Å². The molecule has 0 bridgehead atoms.